The van der Waals surface area contributed by atoms with Gasteiger partial charge in [0, 0.05) is 10.4 Å². The third kappa shape index (κ3) is 4.42. The summed E-state index contributed by atoms with van der Waals surface area (Å²) in [6.45, 7) is 8.39. The number of anilines is 1. The molecule has 3 aromatic heterocycles. The zero-order valence-electron chi connectivity index (χ0n) is 19.9. The number of benzene rings is 2. The highest BCUT2D eigenvalue weighted by Gasteiger charge is 2.21. The van der Waals surface area contributed by atoms with Gasteiger partial charge in [0.15, 0.2) is 5.13 Å². The maximum absolute atomic E-state index is 13.2. The molecule has 3 heterocycles. The van der Waals surface area contributed by atoms with Crippen LogP contribution in [0.4, 0.5) is 5.13 Å². The third-order valence-electron chi connectivity index (χ3n) is 6.12. The van der Waals surface area contributed by atoms with Crippen LogP contribution in [0.1, 0.15) is 36.8 Å². The van der Waals surface area contributed by atoms with E-state index in [0.717, 1.165) is 21.7 Å². The molecule has 1 N–H and O–H groups in total. The van der Waals surface area contributed by atoms with Crippen molar-refractivity contribution in [2.75, 3.05) is 5.32 Å². The summed E-state index contributed by atoms with van der Waals surface area (Å²) in [6, 6.07) is 16.0. The molecule has 2 aromatic carbocycles. The predicted molar refractivity (Wildman–Crippen MR) is 144 cm³/mol. The molecule has 5 rings (SSSR count). The van der Waals surface area contributed by atoms with E-state index in [2.05, 4.69) is 47.3 Å². The van der Waals surface area contributed by atoms with Gasteiger partial charge in [-0.3, -0.25) is 19.5 Å². The first-order chi connectivity index (χ1) is 16.8. The second-order valence-corrected chi connectivity index (χ2v) is 10.8. The highest BCUT2D eigenvalue weighted by molar-refractivity contribution is 7.21. The van der Waals surface area contributed by atoms with Gasteiger partial charge in [-0.1, -0.05) is 42.5 Å². The third-order valence-corrected chi connectivity index (χ3v) is 8.20. The van der Waals surface area contributed by atoms with Gasteiger partial charge in [0.2, 0.25) is 0 Å². The predicted octanol–water partition coefficient (Wildman–Crippen LogP) is 6.12. The number of rotatable bonds is 5. The summed E-state index contributed by atoms with van der Waals surface area (Å²) in [7, 11) is 0. The highest BCUT2D eigenvalue weighted by atomic mass is 32.1. The fourth-order valence-corrected chi connectivity index (χ4v) is 5.89. The van der Waals surface area contributed by atoms with Crippen LogP contribution in [0.3, 0.4) is 0 Å². The molecule has 0 atom stereocenters. The second-order valence-electron chi connectivity index (χ2n) is 8.58. The van der Waals surface area contributed by atoms with Gasteiger partial charge in [0.05, 0.1) is 28.8 Å². The quantitative estimate of drug-likeness (QED) is 0.316. The largest absolute Gasteiger partial charge is 0.297 e. The van der Waals surface area contributed by atoms with Crippen molar-refractivity contribution in [1.29, 1.82) is 0 Å². The molecule has 0 bridgehead atoms. The van der Waals surface area contributed by atoms with Gasteiger partial charge in [-0.2, -0.15) is 0 Å². The Morgan fingerprint density at radius 3 is 2.51 bits per heavy atom. The lowest BCUT2D eigenvalue weighted by Crippen LogP contribution is -2.21. The Morgan fingerprint density at radius 2 is 1.77 bits per heavy atom. The lowest BCUT2D eigenvalue weighted by Gasteiger charge is -2.05. The SMILES string of the molecule is Cc1ccc(-c2nc(NC(=O)c3sc4ncn(Cc5ccccc5)c(=O)c4c3C)sc2C)cc1C. The molecule has 8 heteroatoms. The van der Waals surface area contributed by atoms with E-state index in [9.17, 15) is 9.59 Å². The van der Waals surface area contributed by atoms with Crippen molar-refractivity contribution in [2.24, 2.45) is 0 Å². The summed E-state index contributed by atoms with van der Waals surface area (Å²) >= 11 is 2.67. The van der Waals surface area contributed by atoms with Crippen LogP contribution in [0.25, 0.3) is 21.5 Å². The van der Waals surface area contributed by atoms with Crippen LogP contribution in [-0.2, 0) is 6.54 Å². The standard InChI is InChI=1S/C27H24N4O2S2/c1-15-10-11-20(12-16(15)2)22-18(4)34-27(29-22)30-24(32)23-17(3)21-25(35-23)28-14-31(26(21)33)13-19-8-6-5-7-9-19/h5-12,14H,13H2,1-4H3,(H,29,30,32). The molecule has 0 saturated carbocycles. The number of carbonyl (C=O) groups is 1. The monoisotopic (exact) mass is 500 g/mol. The Bertz CT molecular complexity index is 1630. The average Bonchev–Trinajstić information content (AvgIpc) is 3.38. The number of thiazole rings is 1. The zero-order chi connectivity index (χ0) is 24.7. The molecular weight excluding hydrogens is 476 g/mol. The maximum Gasteiger partial charge on any atom is 0.267 e. The van der Waals surface area contributed by atoms with E-state index < -0.39 is 0 Å². The van der Waals surface area contributed by atoms with Gasteiger partial charge in [-0.05, 0) is 56.0 Å². The molecule has 0 aliphatic rings. The van der Waals surface area contributed by atoms with E-state index in [-0.39, 0.29) is 11.5 Å². The summed E-state index contributed by atoms with van der Waals surface area (Å²) in [5, 5.41) is 3.96. The van der Waals surface area contributed by atoms with Crippen LogP contribution in [0.2, 0.25) is 0 Å². The number of hydrogen-bond donors (Lipinski definition) is 1. The smallest absolute Gasteiger partial charge is 0.267 e. The van der Waals surface area contributed by atoms with E-state index in [4.69, 9.17) is 0 Å². The summed E-state index contributed by atoms with van der Waals surface area (Å²) < 4.78 is 1.58. The summed E-state index contributed by atoms with van der Waals surface area (Å²) in [4.78, 5) is 37.6. The minimum Gasteiger partial charge on any atom is -0.297 e. The molecule has 0 spiro atoms. The van der Waals surface area contributed by atoms with Crippen molar-refractivity contribution >= 4 is 43.9 Å². The first kappa shape index (κ1) is 23.1. The fraction of sp³-hybridized carbons (Fsp3) is 0.185. The average molecular weight is 501 g/mol. The van der Waals surface area contributed by atoms with Gasteiger partial charge in [-0.15, -0.1) is 22.7 Å². The number of aryl methyl sites for hydroxylation is 4. The number of aromatic nitrogens is 3. The number of nitrogens with one attached hydrogen (secondary N) is 1. The Balaban J connectivity index is 1.43. The minimum atomic E-state index is -0.278. The molecule has 0 aliphatic heterocycles. The lowest BCUT2D eigenvalue weighted by molar-refractivity contribution is 0.103. The van der Waals surface area contributed by atoms with Crippen LogP contribution >= 0.6 is 22.7 Å². The lowest BCUT2D eigenvalue weighted by atomic mass is 10.0. The van der Waals surface area contributed by atoms with Crippen LogP contribution in [0.15, 0.2) is 59.7 Å². The number of nitrogens with zero attached hydrogens (tertiary/aromatic N) is 3. The van der Waals surface area contributed by atoms with Crippen molar-refractivity contribution in [3.8, 4) is 11.3 Å². The fourth-order valence-electron chi connectivity index (χ4n) is 4.03. The van der Waals surface area contributed by atoms with Gasteiger partial charge < -0.3 is 0 Å². The molecule has 5 aromatic rings. The molecule has 6 nitrogen and oxygen atoms in total. The van der Waals surface area contributed by atoms with Gasteiger partial charge in [-0.25, -0.2) is 9.97 Å². The number of carbonyl (C=O) groups excluding carboxylic acids is 1. The number of hydrogen-bond acceptors (Lipinski definition) is 6. The van der Waals surface area contributed by atoms with E-state index in [1.54, 1.807) is 17.8 Å². The number of amides is 1. The first-order valence-corrected chi connectivity index (χ1v) is 12.8. The van der Waals surface area contributed by atoms with Gasteiger partial charge >= 0.3 is 0 Å². The minimum absolute atomic E-state index is 0.145. The second kappa shape index (κ2) is 9.20. The van der Waals surface area contributed by atoms with Crippen LogP contribution in [-0.4, -0.2) is 20.4 Å². The maximum atomic E-state index is 13.2. The summed E-state index contributed by atoms with van der Waals surface area (Å²) in [5.74, 6) is -0.278. The Kier molecular flexibility index (Phi) is 6.08. The van der Waals surface area contributed by atoms with E-state index >= 15 is 0 Å². The van der Waals surface area contributed by atoms with Crippen LogP contribution in [0.5, 0.6) is 0 Å². The van der Waals surface area contributed by atoms with Gasteiger partial charge in [0.25, 0.3) is 11.5 Å². The Labute approximate surface area is 210 Å². The topological polar surface area (TPSA) is 76.9 Å². The molecule has 1 amide bonds. The molecule has 35 heavy (non-hydrogen) atoms. The molecule has 176 valence electrons. The van der Waals surface area contributed by atoms with Gasteiger partial charge in [0.1, 0.15) is 4.83 Å². The normalized spacial score (nSPS) is 11.2. The van der Waals surface area contributed by atoms with Crippen molar-refractivity contribution in [3.63, 3.8) is 0 Å². The zero-order valence-corrected chi connectivity index (χ0v) is 21.5. The Morgan fingerprint density at radius 1 is 1.00 bits per heavy atom. The molecule has 0 unspecified atom stereocenters. The number of fused-ring (bicyclic) bond motifs is 1. The molecule has 0 aliphatic carbocycles. The van der Waals surface area contributed by atoms with E-state index in [0.29, 0.717) is 32.3 Å². The van der Waals surface area contributed by atoms with E-state index in [1.165, 1.54) is 33.8 Å². The Hall–Kier alpha value is -3.62. The molecule has 0 fully saturated rings. The van der Waals surface area contributed by atoms with Crippen molar-refractivity contribution in [2.45, 2.75) is 34.2 Å². The molecule has 0 saturated heterocycles. The molecule has 0 radical (unpaired) electrons. The van der Waals surface area contributed by atoms with Crippen molar-refractivity contribution in [3.05, 3.63) is 97.2 Å². The highest BCUT2D eigenvalue weighted by Crippen LogP contribution is 2.33. The van der Waals surface area contributed by atoms with Crippen molar-refractivity contribution < 1.29 is 4.79 Å². The summed E-state index contributed by atoms with van der Waals surface area (Å²) in [6.07, 6.45) is 1.55. The van der Waals surface area contributed by atoms with Crippen LogP contribution in [0, 0.1) is 27.7 Å². The molecular formula is C27H24N4O2S2. The van der Waals surface area contributed by atoms with E-state index in [1.807, 2.05) is 37.3 Å². The summed E-state index contributed by atoms with van der Waals surface area (Å²) in [5.41, 5.74) is 5.84. The number of thiophene rings is 1. The van der Waals surface area contributed by atoms with Crippen LogP contribution < -0.4 is 10.9 Å². The van der Waals surface area contributed by atoms with Crippen molar-refractivity contribution in [1.82, 2.24) is 14.5 Å². The first-order valence-electron chi connectivity index (χ1n) is 11.2.